The maximum absolute atomic E-state index is 14.7. The van der Waals surface area contributed by atoms with Gasteiger partial charge in [-0.15, -0.1) is 0 Å². The number of benzene rings is 2. The highest BCUT2D eigenvalue weighted by atomic mass is 19.1. The molecule has 3 aliphatic heterocycles. The zero-order chi connectivity index (χ0) is 25.6. The number of nitrogens with zero attached hydrogens (tertiary/aromatic N) is 4. The molecule has 2 atom stereocenters. The van der Waals surface area contributed by atoms with Crippen molar-refractivity contribution in [1.29, 1.82) is 0 Å². The number of aliphatic hydroxyl groups excluding tert-OH is 1. The van der Waals surface area contributed by atoms with Crippen LogP contribution >= 0.6 is 0 Å². The van der Waals surface area contributed by atoms with Gasteiger partial charge in [0, 0.05) is 50.9 Å². The van der Waals surface area contributed by atoms with Crippen LogP contribution in [0.1, 0.15) is 24.4 Å². The fourth-order valence-corrected chi connectivity index (χ4v) is 4.45. The number of hydrazone groups is 1. The van der Waals surface area contributed by atoms with Crippen LogP contribution in [0.15, 0.2) is 35.4 Å². The number of anilines is 1. The fraction of sp³-hybridized carbons (Fsp3) is 0.375. The lowest BCUT2D eigenvalue weighted by Crippen LogP contribution is -2.58. The van der Waals surface area contributed by atoms with E-state index in [0.717, 1.165) is 12.1 Å². The fourth-order valence-electron chi connectivity index (χ4n) is 4.45. The Balaban J connectivity index is 1.23. The summed E-state index contributed by atoms with van der Waals surface area (Å²) in [4.78, 5) is 28.1. The summed E-state index contributed by atoms with van der Waals surface area (Å²) in [5.74, 6) is -2.47. The van der Waals surface area contributed by atoms with Crippen molar-refractivity contribution < 1.29 is 37.3 Å². The number of halogens is 3. The van der Waals surface area contributed by atoms with Crippen molar-refractivity contribution in [2.75, 3.05) is 31.6 Å². The lowest BCUT2D eigenvalue weighted by atomic mass is 10.0. The summed E-state index contributed by atoms with van der Waals surface area (Å²) in [5, 5.41) is 14.4. The van der Waals surface area contributed by atoms with Gasteiger partial charge in [-0.3, -0.25) is 4.79 Å². The first-order valence-corrected chi connectivity index (χ1v) is 11.4. The Labute approximate surface area is 204 Å². The van der Waals surface area contributed by atoms with Crippen LogP contribution in [0.4, 0.5) is 23.7 Å². The van der Waals surface area contributed by atoms with Gasteiger partial charge in [0.05, 0.1) is 24.8 Å². The molecule has 0 saturated carbocycles. The number of fused-ring (bicyclic) bond motifs is 1. The number of carbonyl (C=O) groups is 2. The average molecular weight is 504 g/mol. The van der Waals surface area contributed by atoms with E-state index in [1.807, 2.05) is 0 Å². The van der Waals surface area contributed by atoms with Crippen LogP contribution in [-0.4, -0.2) is 72.1 Å². The number of ether oxygens (including phenoxy) is 2. The van der Waals surface area contributed by atoms with E-state index in [0.29, 0.717) is 17.7 Å². The number of rotatable bonds is 5. The topological polar surface area (TPSA) is 94.9 Å². The molecule has 5 rings (SSSR count). The predicted octanol–water partition coefficient (Wildman–Crippen LogP) is 2.83. The van der Waals surface area contributed by atoms with Gasteiger partial charge in [-0.05, 0) is 17.7 Å². The smallest absolute Gasteiger partial charge is 0.341 e. The van der Waals surface area contributed by atoms with E-state index in [9.17, 15) is 22.8 Å². The van der Waals surface area contributed by atoms with Crippen molar-refractivity contribution in [2.24, 2.45) is 5.10 Å². The van der Waals surface area contributed by atoms with Crippen LogP contribution in [0, 0.1) is 17.5 Å². The van der Waals surface area contributed by atoms with E-state index in [1.54, 1.807) is 0 Å². The molecule has 9 nitrogen and oxygen atoms in total. The van der Waals surface area contributed by atoms with Crippen LogP contribution in [0.25, 0.3) is 0 Å². The summed E-state index contributed by atoms with van der Waals surface area (Å²) in [6.07, 6.45) is 0.504. The van der Waals surface area contributed by atoms with Gasteiger partial charge in [-0.25, -0.2) is 23.0 Å². The molecule has 190 valence electrons. The molecule has 12 heteroatoms. The first-order valence-electron chi connectivity index (χ1n) is 11.4. The second kappa shape index (κ2) is 9.34. The number of hydrogen-bond acceptors (Lipinski definition) is 6. The van der Waals surface area contributed by atoms with Crippen molar-refractivity contribution in [2.45, 2.75) is 31.1 Å². The zero-order valence-electron chi connectivity index (χ0n) is 19.2. The molecule has 1 unspecified atom stereocenters. The third kappa shape index (κ3) is 4.32. The molecule has 3 aliphatic rings. The Morgan fingerprint density at radius 3 is 2.58 bits per heavy atom. The van der Waals surface area contributed by atoms with Crippen molar-refractivity contribution >= 4 is 23.8 Å². The quantitative estimate of drug-likeness (QED) is 0.676. The molecule has 36 heavy (non-hydrogen) atoms. The van der Waals surface area contributed by atoms with Crippen molar-refractivity contribution in [1.82, 2.24) is 9.91 Å². The molecule has 0 radical (unpaired) electrons. The number of urea groups is 1. The lowest BCUT2D eigenvalue weighted by molar-refractivity contribution is -0.126. The van der Waals surface area contributed by atoms with Gasteiger partial charge >= 0.3 is 6.03 Å². The van der Waals surface area contributed by atoms with Crippen LogP contribution in [-0.2, 0) is 4.79 Å². The largest absolute Gasteiger partial charge is 0.484 e. The number of aliphatic hydroxyl groups is 1. The highest BCUT2D eigenvalue weighted by Gasteiger charge is 2.40. The Morgan fingerprint density at radius 2 is 1.89 bits per heavy atom. The lowest BCUT2D eigenvalue weighted by Gasteiger charge is -2.41. The van der Waals surface area contributed by atoms with Gasteiger partial charge in [0.1, 0.15) is 23.5 Å². The molecule has 1 saturated heterocycles. The van der Waals surface area contributed by atoms with E-state index in [2.05, 4.69) is 5.10 Å². The number of amides is 3. The molecule has 3 amide bonds. The van der Waals surface area contributed by atoms with Gasteiger partial charge < -0.3 is 24.4 Å². The highest BCUT2D eigenvalue weighted by molar-refractivity contribution is 5.99. The SMILES string of the molecule is CN1C(=O)C(CCO)Oc2cc(F)c(OC3CN(C(=O)N4N=CC[C@H]4c4cc(F)cc(F)c4)C3)cc21. The molecule has 2 aromatic carbocycles. The van der Waals surface area contributed by atoms with Crippen LogP contribution in [0.3, 0.4) is 0 Å². The number of hydrogen-bond donors (Lipinski definition) is 1. The second-order valence-electron chi connectivity index (χ2n) is 8.79. The summed E-state index contributed by atoms with van der Waals surface area (Å²) in [6.45, 7) is 0.0493. The monoisotopic (exact) mass is 504 g/mol. The van der Waals surface area contributed by atoms with Gasteiger partial charge in [-0.1, -0.05) is 0 Å². The summed E-state index contributed by atoms with van der Waals surface area (Å²) in [6, 6.07) is 4.49. The minimum atomic E-state index is -0.897. The Bertz CT molecular complexity index is 1220. The third-order valence-corrected chi connectivity index (χ3v) is 6.35. The van der Waals surface area contributed by atoms with Gasteiger partial charge in [0.25, 0.3) is 5.91 Å². The minimum absolute atomic E-state index is 0.0878. The first kappa shape index (κ1) is 23.9. The Kier molecular flexibility index (Phi) is 6.20. The van der Waals surface area contributed by atoms with Crippen molar-refractivity contribution in [3.8, 4) is 11.5 Å². The highest BCUT2D eigenvalue weighted by Crippen LogP contribution is 2.39. The molecule has 2 aromatic rings. The number of likely N-dealkylation sites (tertiary alicyclic amines) is 1. The zero-order valence-corrected chi connectivity index (χ0v) is 19.2. The number of likely N-dealkylation sites (N-methyl/N-ethyl adjacent to an activating group) is 1. The molecule has 0 aliphatic carbocycles. The molecule has 1 N–H and O–H groups in total. The predicted molar refractivity (Wildman–Crippen MR) is 121 cm³/mol. The normalized spacial score (nSPS) is 21.4. The van der Waals surface area contributed by atoms with Crippen molar-refractivity contribution in [3.05, 3.63) is 53.3 Å². The van der Waals surface area contributed by atoms with Gasteiger partial charge in [0.15, 0.2) is 17.7 Å². The molecule has 0 aromatic heterocycles. The molecular weight excluding hydrogens is 481 g/mol. The second-order valence-corrected chi connectivity index (χ2v) is 8.79. The van der Waals surface area contributed by atoms with Crippen LogP contribution < -0.4 is 14.4 Å². The van der Waals surface area contributed by atoms with Crippen molar-refractivity contribution in [3.63, 3.8) is 0 Å². The van der Waals surface area contributed by atoms with Gasteiger partial charge in [-0.2, -0.15) is 5.10 Å². The van der Waals surface area contributed by atoms with E-state index in [1.165, 1.54) is 46.3 Å². The van der Waals surface area contributed by atoms with E-state index in [-0.39, 0.29) is 43.5 Å². The Morgan fingerprint density at radius 1 is 1.17 bits per heavy atom. The molecular formula is C24H23F3N4O5. The third-order valence-electron chi connectivity index (χ3n) is 6.35. The molecule has 0 bridgehead atoms. The maximum atomic E-state index is 14.7. The number of carbonyl (C=O) groups excluding carboxylic acids is 2. The summed E-state index contributed by atoms with van der Waals surface area (Å²) < 4.78 is 53.3. The van der Waals surface area contributed by atoms with E-state index in [4.69, 9.17) is 14.6 Å². The maximum Gasteiger partial charge on any atom is 0.341 e. The molecule has 1 fully saturated rings. The standard InChI is InChI=1S/C24H23F3N4O5/c1-29-19-10-21(17(27)9-22(19)36-20(3-5-32)23(29)33)35-16-11-30(12-16)24(34)31-18(2-4-28-31)13-6-14(25)8-15(26)7-13/h4,6-10,16,18,20,32H,2-3,5,11-12H2,1H3/t18-,20?/m0/s1. The summed E-state index contributed by atoms with van der Waals surface area (Å²) in [7, 11) is 1.52. The van der Waals surface area contributed by atoms with Gasteiger partial charge in [0.2, 0.25) is 0 Å². The minimum Gasteiger partial charge on any atom is -0.484 e. The van der Waals surface area contributed by atoms with E-state index < -0.39 is 41.7 Å². The summed E-state index contributed by atoms with van der Waals surface area (Å²) in [5.41, 5.74) is 0.624. The first-order chi connectivity index (χ1) is 17.2. The van der Waals surface area contributed by atoms with Crippen LogP contribution in [0.5, 0.6) is 11.5 Å². The molecule has 3 heterocycles. The average Bonchev–Trinajstić information content (AvgIpc) is 3.29. The van der Waals surface area contributed by atoms with Crippen LogP contribution in [0.2, 0.25) is 0 Å². The molecule has 0 spiro atoms. The van der Waals surface area contributed by atoms with E-state index >= 15 is 0 Å². The summed E-state index contributed by atoms with van der Waals surface area (Å²) >= 11 is 0. The Hall–Kier alpha value is -3.80.